The Kier molecular flexibility index (Phi) is 2.85. The zero-order valence-electron chi connectivity index (χ0n) is 7.45. The SMILES string of the molecule is O=C1CSC(N2CCCNCC2)=N1. The van der Waals surface area contributed by atoms with Gasteiger partial charge in [0, 0.05) is 19.6 Å². The summed E-state index contributed by atoms with van der Waals surface area (Å²) in [5.41, 5.74) is 0. The Morgan fingerprint density at radius 1 is 1.38 bits per heavy atom. The molecule has 0 spiro atoms. The van der Waals surface area contributed by atoms with Crippen LogP contribution < -0.4 is 5.32 Å². The molecule has 5 heteroatoms. The Balaban J connectivity index is 1.98. The summed E-state index contributed by atoms with van der Waals surface area (Å²) < 4.78 is 0. The summed E-state index contributed by atoms with van der Waals surface area (Å²) in [6.07, 6.45) is 1.13. The minimum Gasteiger partial charge on any atom is -0.350 e. The molecule has 13 heavy (non-hydrogen) atoms. The first kappa shape index (κ1) is 9.02. The first-order valence-corrected chi connectivity index (χ1v) is 5.55. The van der Waals surface area contributed by atoms with E-state index in [0.717, 1.165) is 37.8 Å². The number of amidine groups is 1. The Morgan fingerprint density at radius 2 is 2.31 bits per heavy atom. The second kappa shape index (κ2) is 4.11. The van der Waals surface area contributed by atoms with Crippen molar-refractivity contribution in [2.45, 2.75) is 6.42 Å². The molecule has 2 rings (SSSR count). The van der Waals surface area contributed by atoms with E-state index in [9.17, 15) is 4.79 Å². The maximum absolute atomic E-state index is 10.9. The van der Waals surface area contributed by atoms with Crippen LogP contribution in [0.5, 0.6) is 0 Å². The number of carbonyl (C=O) groups excluding carboxylic acids is 1. The first-order chi connectivity index (χ1) is 6.36. The Bertz CT molecular complexity index is 234. The lowest BCUT2D eigenvalue weighted by Crippen LogP contribution is -2.31. The van der Waals surface area contributed by atoms with Gasteiger partial charge in [-0.25, -0.2) is 0 Å². The molecule has 1 fully saturated rings. The summed E-state index contributed by atoms with van der Waals surface area (Å²) in [6, 6.07) is 0. The molecule has 0 saturated carbocycles. The van der Waals surface area contributed by atoms with Gasteiger partial charge < -0.3 is 10.2 Å². The van der Waals surface area contributed by atoms with Crippen LogP contribution in [0.25, 0.3) is 0 Å². The minimum absolute atomic E-state index is 0.0113. The highest BCUT2D eigenvalue weighted by molar-refractivity contribution is 8.14. The van der Waals surface area contributed by atoms with E-state index in [1.54, 1.807) is 11.8 Å². The van der Waals surface area contributed by atoms with Crippen molar-refractivity contribution in [1.29, 1.82) is 0 Å². The van der Waals surface area contributed by atoms with Crippen molar-refractivity contribution in [2.75, 3.05) is 31.9 Å². The van der Waals surface area contributed by atoms with Crippen LogP contribution in [0.3, 0.4) is 0 Å². The maximum atomic E-state index is 10.9. The smallest absolute Gasteiger partial charge is 0.258 e. The van der Waals surface area contributed by atoms with E-state index in [4.69, 9.17) is 0 Å². The van der Waals surface area contributed by atoms with Crippen molar-refractivity contribution in [3.63, 3.8) is 0 Å². The van der Waals surface area contributed by atoms with Gasteiger partial charge in [-0.2, -0.15) is 4.99 Å². The molecule has 2 heterocycles. The summed E-state index contributed by atoms with van der Waals surface area (Å²) in [6.45, 7) is 4.06. The second-order valence-electron chi connectivity index (χ2n) is 3.17. The number of aliphatic imine (C=N–C) groups is 1. The van der Waals surface area contributed by atoms with Crippen molar-refractivity contribution in [3.05, 3.63) is 0 Å². The van der Waals surface area contributed by atoms with Crippen LogP contribution in [0.1, 0.15) is 6.42 Å². The average molecular weight is 199 g/mol. The molecule has 1 N–H and O–H groups in total. The molecule has 0 aromatic heterocycles. The van der Waals surface area contributed by atoms with Crippen molar-refractivity contribution in [1.82, 2.24) is 10.2 Å². The van der Waals surface area contributed by atoms with Crippen LogP contribution >= 0.6 is 11.8 Å². The third-order valence-corrected chi connectivity index (χ3v) is 3.15. The molecule has 72 valence electrons. The largest absolute Gasteiger partial charge is 0.350 e. The fraction of sp³-hybridized carbons (Fsp3) is 0.750. The highest BCUT2D eigenvalue weighted by Gasteiger charge is 2.21. The molecule has 0 aromatic carbocycles. The molecule has 0 aromatic rings. The molecule has 0 bridgehead atoms. The maximum Gasteiger partial charge on any atom is 0.258 e. The molecule has 1 saturated heterocycles. The van der Waals surface area contributed by atoms with Crippen molar-refractivity contribution < 1.29 is 4.79 Å². The molecule has 2 aliphatic heterocycles. The summed E-state index contributed by atoms with van der Waals surface area (Å²) in [7, 11) is 0. The highest BCUT2D eigenvalue weighted by atomic mass is 32.2. The Labute approximate surface area is 81.8 Å². The fourth-order valence-corrected chi connectivity index (χ4v) is 2.35. The van der Waals surface area contributed by atoms with E-state index in [1.807, 2.05) is 0 Å². The molecular weight excluding hydrogens is 186 g/mol. The molecular formula is C8H13N3OS. The molecule has 2 aliphatic rings. The third-order valence-electron chi connectivity index (χ3n) is 2.16. The predicted octanol–water partition coefficient (Wildman–Crippen LogP) is -0.0889. The van der Waals surface area contributed by atoms with Gasteiger partial charge in [0.2, 0.25) is 0 Å². The monoisotopic (exact) mass is 199 g/mol. The minimum atomic E-state index is 0.0113. The van der Waals surface area contributed by atoms with Crippen molar-refractivity contribution in [3.8, 4) is 0 Å². The summed E-state index contributed by atoms with van der Waals surface area (Å²) >= 11 is 1.56. The van der Waals surface area contributed by atoms with Gasteiger partial charge in [0.15, 0.2) is 5.17 Å². The molecule has 0 atom stereocenters. The van der Waals surface area contributed by atoms with Crippen LogP contribution in [0.4, 0.5) is 0 Å². The predicted molar refractivity (Wildman–Crippen MR) is 54.0 cm³/mol. The van der Waals surface area contributed by atoms with Crippen LogP contribution in [0.15, 0.2) is 4.99 Å². The van der Waals surface area contributed by atoms with Crippen molar-refractivity contribution in [2.24, 2.45) is 4.99 Å². The van der Waals surface area contributed by atoms with Gasteiger partial charge in [0.05, 0.1) is 5.75 Å². The van der Waals surface area contributed by atoms with E-state index in [0.29, 0.717) is 5.75 Å². The summed E-state index contributed by atoms with van der Waals surface area (Å²) in [4.78, 5) is 17.1. The molecule has 4 nitrogen and oxygen atoms in total. The van der Waals surface area contributed by atoms with E-state index < -0.39 is 0 Å². The number of hydrogen-bond acceptors (Lipinski definition) is 4. The third kappa shape index (κ3) is 2.22. The van der Waals surface area contributed by atoms with Gasteiger partial charge in [0.25, 0.3) is 5.91 Å². The van der Waals surface area contributed by atoms with Gasteiger partial charge in [-0.1, -0.05) is 11.8 Å². The van der Waals surface area contributed by atoms with Crippen LogP contribution in [-0.2, 0) is 4.79 Å². The number of nitrogens with zero attached hydrogens (tertiary/aromatic N) is 2. The quantitative estimate of drug-likeness (QED) is 0.592. The molecule has 0 unspecified atom stereocenters. The van der Waals surface area contributed by atoms with E-state index in [1.165, 1.54) is 0 Å². The standard InChI is InChI=1S/C8H13N3OS/c12-7-6-13-8(10-7)11-4-1-2-9-3-5-11/h9H,1-6H2. The second-order valence-corrected chi connectivity index (χ2v) is 4.11. The molecule has 0 aliphatic carbocycles. The fourth-order valence-electron chi connectivity index (χ4n) is 1.50. The normalized spacial score (nSPS) is 24.5. The zero-order valence-corrected chi connectivity index (χ0v) is 8.27. The number of rotatable bonds is 0. The zero-order chi connectivity index (χ0) is 9.10. The molecule has 1 amide bonds. The average Bonchev–Trinajstić information content (AvgIpc) is 2.43. The highest BCUT2D eigenvalue weighted by Crippen LogP contribution is 2.16. The number of hydrogen-bond donors (Lipinski definition) is 1. The van der Waals surface area contributed by atoms with E-state index >= 15 is 0 Å². The lowest BCUT2D eigenvalue weighted by molar-refractivity contribution is -0.115. The summed E-state index contributed by atoms with van der Waals surface area (Å²) in [5, 5.41) is 4.25. The Morgan fingerprint density at radius 3 is 3.08 bits per heavy atom. The van der Waals surface area contributed by atoms with Gasteiger partial charge in [-0.15, -0.1) is 0 Å². The van der Waals surface area contributed by atoms with Crippen LogP contribution in [0, 0.1) is 0 Å². The Hall–Kier alpha value is -0.550. The van der Waals surface area contributed by atoms with Crippen molar-refractivity contribution >= 4 is 22.8 Å². The van der Waals surface area contributed by atoms with Gasteiger partial charge in [-0.3, -0.25) is 4.79 Å². The van der Waals surface area contributed by atoms with Gasteiger partial charge in [0.1, 0.15) is 0 Å². The van der Waals surface area contributed by atoms with Gasteiger partial charge in [-0.05, 0) is 13.0 Å². The first-order valence-electron chi connectivity index (χ1n) is 4.56. The van der Waals surface area contributed by atoms with Crippen LogP contribution in [-0.4, -0.2) is 47.9 Å². The number of nitrogens with one attached hydrogen (secondary N) is 1. The number of thioether (sulfide) groups is 1. The molecule has 0 radical (unpaired) electrons. The van der Waals surface area contributed by atoms with Gasteiger partial charge >= 0.3 is 0 Å². The van der Waals surface area contributed by atoms with E-state index in [2.05, 4.69) is 15.2 Å². The lowest BCUT2D eigenvalue weighted by Gasteiger charge is -2.20. The topological polar surface area (TPSA) is 44.7 Å². The van der Waals surface area contributed by atoms with Crippen LogP contribution in [0.2, 0.25) is 0 Å². The van der Waals surface area contributed by atoms with E-state index in [-0.39, 0.29) is 5.91 Å². The summed E-state index contributed by atoms with van der Waals surface area (Å²) in [5.74, 6) is 0.538. The number of carbonyl (C=O) groups is 1. The number of amides is 1. The lowest BCUT2D eigenvalue weighted by atomic mass is 10.4.